The third-order valence-electron chi connectivity index (χ3n) is 7.75. The van der Waals surface area contributed by atoms with E-state index >= 15 is 0 Å². The molecule has 0 radical (unpaired) electrons. The van der Waals surface area contributed by atoms with Crippen LogP contribution in [0.15, 0.2) is 110 Å². The van der Waals surface area contributed by atoms with E-state index in [1.807, 2.05) is 0 Å². The van der Waals surface area contributed by atoms with Crippen molar-refractivity contribution in [2.24, 2.45) is 0 Å². The van der Waals surface area contributed by atoms with Crippen LogP contribution in [0.1, 0.15) is 35.6 Å². The highest BCUT2D eigenvalue weighted by atomic mass is 31.1. The number of carbonyl (C=O) groups is 2. The molecule has 2 N–H and O–H groups in total. The molecule has 0 atom stereocenters. The van der Waals surface area contributed by atoms with Gasteiger partial charge in [0.2, 0.25) is 11.8 Å². The molecule has 2 amide bonds. The van der Waals surface area contributed by atoms with Gasteiger partial charge in [-0.05, 0) is 83.9 Å². The van der Waals surface area contributed by atoms with E-state index in [1.54, 1.807) is 81.9 Å². The second kappa shape index (κ2) is 17.3. The van der Waals surface area contributed by atoms with Crippen LogP contribution in [0.5, 0.6) is 0 Å². The van der Waals surface area contributed by atoms with E-state index in [0.29, 0.717) is 47.2 Å². The van der Waals surface area contributed by atoms with Gasteiger partial charge in [0.25, 0.3) is 0 Å². The molecule has 16 heteroatoms. The first-order chi connectivity index (χ1) is 25.3. The first kappa shape index (κ1) is 35.8. The third kappa shape index (κ3) is 10.0. The number of aryl methyl sites for hydroxylation is 2. The molecule has 2 aromatic heterocycles. The number of amides is 2. The van der Waals surface area contributed by atoms with Crippen LogP contribution in [0.2, 0.25) is 0 Å². The minimum Gasteiger partial charge on any atom is -0.326 e. The van der Waals surface area contributed by atoms with Crippen LogP contribution in [0.25, 0.3) is 11.4 Å². The quantitative estimate of drug-likeness (QED) is 0.104. The van der Waals surface area contributed by atoms with E-state index in [1.165, 1.54) is 36.9 Å². The van der Waals surface area contributed by atoms with Crippen molar-refractivity contribution >= 4 is 31.4 Å². The van der Waals surface area contributed by atoms with Crippen LogP contribution in [-0.4, -0.2) is 41.3 Å². The Kier molecular flexibility index (Phi) is 11.9. The minimum atomic E-state index is -2.41. The molecule has 0 aliphatic carbocycles. The molecule has 0 bridgehead atoms. The number of halogens is 2. The fourth-order valence-corrected chi connectivity index (χ4v) is 5.64. The Balaban J connectivity index is 0.877. The number of nitrogens with zero attached hydrogens (tertiary/aromatic N) is 6. The standard InChI is InChI=1S/C36H31F2N8O5P/c37-27-5-13-31(14-6-27)45-23-39-43-33(45)17-19-35(47)41-29-9-1-25(2-10-29)21-50-52(49)51-22-26-3-11-30(12-4-26)42-36(48)20-18-34-44-40-24-46(34)32-15-7-28(38)8-16-32/h1-16,23-24H,17-22H2,(H-,41,42,47,48)/p+1. The average Bonchev–Trinajstić information content (AvgIpc) is 3.83. The average molecular weight is 726 g/mol. The molecule has 0 unspecified atom stereocenters. The van der Waals surface area contributed by atoms with E-state index in [9.17, 15) is 22.9 Å². The molecule has 0 fully saturated rings. The molecule has 6 rings (SSSR count). The van der Waals surface area contributed by atoms with E-state index in [-0.39, 0.29) is 49.5 Å². The molecular weight excluding hydrogens is 693 g/mol. The smallest absolute Gasteiger partial charge is 0.326 e. The molecule has 13 nitrogen and oxygen atoms in total. The van der Waals surface area contributed by atoms with Crippen molar-refractivity contribution in [1.29, 1.82) is 0 Å². The van der Waals surface area contributed by atoms with Gasteiger partial charge in [0.05, 0.1) is 0 Å². The van der Waals surface area contributed by atoms with Crippen molar-refractivity contribution in [3.05, 3.63) is 144 Å². The van der Waals surface area contributed by atoms with Crippen molar-refractivity contribution in [3.63, 3.8) is 0 Å². The van der Waals surface area contributed by atoms with Gasteiger partial charge in [-0.2, -0.15) is 0 Å². The maximum atomic E-state index is 13.3. The first-order valence-corrected chi connectivity index (χ1v) is 17.2. The van der Waals surface area contributed by atoms with Crippen molar-refractivity contribution in [1.82, 2.24) is 29.5 Å². The SMILES string of the molecule is O=C(CCc1nncn1-c1ccc(F)cc1)Nc1ccc(CO[P+](=O)OCc2ccc(NC(=O)CCc3nncn3-c3ccc(F)cc3)cc2)cc1. The Bertz CT molecular complexity index is 1970. The van der Waals surface area contributed by atoms with E-state index < -0.39 is 8.25 Å². The summed E-state index contributed by atoms with van der Waals surface area (Å²) in [6.07, 6.45) is 4.01. The zero-order valence-corrected chi connectivity index (χ0v) is 28.5. The predicted molar refractivity (Wildman–Crippen MR) is 187 cm³/mol. The Hall–Kier alpha value is -6.02. The third-order valence-corrected chi connectivity index (χ3v) is 8.43. The van der Waals surface area contributed by atoms with Crippen molar-refractivity contribution in [3.8, 4) is 11.4 Å². The normalized spacial score (nSPS) is 11.0. The molecule has 2 heterocycles. The van der Waals surface area contributed by atoms with Gasteiger partial charge in [-0.25, -0.2) is 8.78 Å². The zero-order chi connectivity index (χ0) is 36.3. The summed E-state index contributed by atoms with van der Waals surface area (Å²) in [5.41, 5.74) is 4.02. The van der Waals surface area contributed by atoms with Crippen molar-refractivity contribution < 1.29 is 32.0 Å². The summed E-state index contributed by atoms with van der Waals surface area (Å²) in [7, 11) is -2.41. The predicted octanol–water partition coefficient (Wildman–Crippen LogP) is 6.66. The maximum Gasteiger partial charge on any atom is 0.698 e. The monoisotopic (exact) mass is 725 g/mol. The van der Waals surface area contributed by atoms with Crippen molar-refractivity contribution in [2.45, 2.75) is 38.9 Å². The van der Waals surface area contributed by atoms with Crippen LogP contribution in [0, 0.1) is 11.6 Å². The number of anilines is 2. The van der Waals surface area contributed by atoms with Gasteiger partial charge < -0.3 is 10.6 Å². The summed E-state index contributed by atoms with van der Waals surface area (Å²) in [4.78, 5) is 25.1. The van der Waals surface area contributed by atoms with E-state index in [2.05, 4.69) is 31.0 Å². The van der Waals surface area contributed by atoms with E-state index in [4.69, 9.17) is 9.05 Å². The summed E-state index contributed by atoms with van der Waals surface area (Å²) < 4.78 is 53.0. The zero-order valence-electron chi connectivity index (χ0n) is 27.6. The lowest BCUT2D eigenvalue weighted by Crippen LogP contribution is -2.13. The number of hydrogen-bond donors (Lipinski definition) is 2. The van der Waals surface area contributed by atoms with Gasteiger partial charge in [0.15, 0.2) is 0 Å². The lowest BCUT2D eigenvalue weighted by Gasteiger charge is -2.08. The Morgan fingerprint density at radius 1 is 0.596 bits per heavy atom. The lowest BCUT2D eigenvalue weighted by molar-refractivity contribution is -0.117. The molecular formula is C36H32F2N8O5P+. The largest absolute Gasteiger partial charge is 0.698 e. The van der Waals surface area contributed by atoms with Gasteiger partial charge in [-0.15, -0.1) is 29.4 Å². The van der Waals surface area contributed by atoms with Crippen LogP contribution in [-0.2, 0) is 49.3 Å². The number of aromatic nitrogens is 6. The summed E-state index contributed by atoms with van der Waals surface area (Å²) in [6.45, 7) is 0.0707. The summed E-state index contributed by atoms with van der Waals surface area (Å²) in [5, 5.41) is 21.6. The fourth-order valence-electron chi connectivity index (χ4n) is 5.05. The number of hydrogen-bond acceptors (Lipinski definition) is 9. The lowest BCUT2D eigenvalue weighted by atomic mass is 10.2. The number of benzene rings is 4. The summed E-state index contributed by atoms with van der Waals surface area (Å²) in [5.74, 6) is 0.0167. The van der Waals surface area contributed by atoms with Gasteiger partial charge in [-0.3, -0.25) is 18.7 Å². The minimum absolute atomic E-state index is 0.0354. The first-order valence-electron chi connectivity index (χ1n) is 16.1. The molecule has 52 heavy (non-hydrogen) atoms. The van der Waals surface area contributed by atoms with Gasteiger partial charge >= 0.3 is 8.25 Å². The fraction of sp³-hybridized carbons (Fsp3) is 0.167. The summed E-state index contributed by atoms with van der Waals surface area (Å²) in [6, 6.07) is 25.7. The van der Waals surface area contributed by atoms with Crippen LogP contribution in [0.4, 0.5) is 20.2 Å². The molecule has 0 aliphatic heterocycles. The molecule has 264 valence electrons. The molecule has 0 saturated carbocycles. The highest BCUT2D eigenvalue weighted by molar-refractivity contribution is 7.33. The molecule has 0 spiro atoms. The molecule has 0 aliphatic rings. The maximum absolute atomic E-state index is 13.3. The molecule has 4 aromatic carbocycles. The second-order valence-electron chi connectivity index (χ2n) is 11.4. The summed E-state index contributed by atoms with van der Waals surface area (Å²) >= 11 is 0. The highest BCUT2D eigenvalue weighted by Crippen LogP contribution is 2.28. The Morgan fingerprint density at radius 3 is 1.37 bits per heavy atom. The van der Waals surface area contributed by atoms with Gasteiger partial charge in [-0.1, -0.05) is 24.3 Å². The van der Waals surface area contributed by atoms with E-state index in [0.717, 1.165) is 11.1 Å². The van der Waals surface area contributed by atoms with Crippen LogP contribution in [0.3, 0.4) is 0 Å². The van der Waals surface area contributed by atoms with Crippen LogP contribution >= 0.6 is 8.25 Å². The van der Waals surface area contributed by atoms with Crippen molar-refractivity contribution in [2.75, 3.05) is 10.6 Å². The highest BCUT2D eigenvalue weighted by Gasteiger charge is 2.21. The number of carbonyl (C=O) groups excluding carboxylic acids is 2. The molecule has 6 aromatic rings. The number of nitrogens with one attached hydrogen (secondary N) is 2. The topological polar surface area (TPSA) is 155 Å². The Labute approximate surface area is 297 Å². The number of rotatable bonds is 16. The van der Waals surface area contributed by atoms with Gasteiger partial charge in [0.1, 0.15) is 49.2 Å². The Morgan fingerprint density at radius 2 is 0.981 bits per heavy atom. The molecule has 0 saturated heterocycles. The van der Waals surface area contributed by atoms with Crippen LogP contribution < -0.4 is 10.6 Å². The van der Waals surface area contributed by atoms with Gasteiger partial charge in [0, 0.05) is 53.0 Å². The second-order valence-corrected chi connectivity index (χ2v) is 12.4.